The fourth-order valence-electron chi connectivity index (χ4n) is 2.47. The Kier molecular flexibility index (Phi) is 3.90. The molecule has 0 spiro atoms. The SMILES string of the molecule is Cc1nn(C(C)(C)C)c(=O)n1CC(=O)N[C@@](C)(C#N)C1CC1. The topological polar surface area (TPSA) is 92.7 Å². The molecule has 7 heteroatoms. The van der Waals surface area contributed by atoms with Crippen molar-refractivity contribution < 1.29 is 4.79 Å². The minimum atomic E-state index is -0.853. The van der Waals surface area contributed by atoms with Gasteiger partial charge in [-0.1, -0.05) is 0 Å². The third-order valence-corrected chi connectivity index (χ3v) is 4.01. The summed E-state index contributed by atoms with van der Waals surface area (Å²) in [7, 11) is 0. The third-order valence-electron chi connectivity index (χ3n) is 4.01. The molecular weight excluding hydrogens is 282 g/mol. The number of hydrogen-bond donors (Lipinski definition) is 1. The second-order valence-corrected chi connectivity index (χ2v) is 7.14. The van der Waals surface area contributed by atoms with Gasteiger partial charge in [0.05, 0.1) is 11.6 Å². The molecule has 1 aromatic heterocycles. The standard InChI is InChI=1S/C15H23N5O2/c1-10-18-20(14(2,3)4)13(22)19(10)8-12(21)17-15(5,9-16)11-6-7-11/h11H,6-8H2,1-5H3,(H,17,21)/t15-/m0/s1. The Morgan fingerprint density at radius 3 is 2.41 bits per heavy atom. The fourth-order valence-corrected chi connectivity index (χ4v) is 2.47. The van der Waals surface area contributed by atoms with Gasteiger partial charge >= 0.3 is 5.69 Å². The Labute approximate surface area is 129 Å². The summed E-state index contributed by atoms with van der Waals surface area (Å²) >= 11 is 0. The van der Waals surface area contributed by atoms with Crippen molar-refractivity contribution in [3.8, 4) is 6.07 Å². The van der Waals surface area contributed by atoms with E-state index >= 15 is 0 Å². The Morgan fingerprint density at radius 1 is 1.41 bits per heavy atom. The summed E-state index contributed by atoms with van der Waals surface area (Å²) < 4.78 is 2.71. The van der Waals surface area contributed by atoms with Crippen LogP contribution in [0.4, 0.5) is 0 Å². The van der Waals surface area contributed by atoms with Gasteiger partial charge in [-0.3, -0.25) is 9.36 Å². The van der Waals surface area contributed by atoms with Gasteiger partial charge < -0.3 is 5.32 Å². The number of carbonyl (C=O) groups is 1. The van der Waals surface area contributed by atoms with Crippen LogP contribution in [0.2, 0.25) is 0 Å². The van der Waals surface area contributed by atoms with Crippen LogP contribution in [0.25, 0.3) is 0 Å². The van der Waals surface area contributed by atoms with Crippen LogP contribution in [-0.4, -0.2) is 25.8 Å². The number of aryl methyl sites for hydroxylation is 1. The molecule has 1 amide bonds. The number of nitrogens with zero attached hydrogens (tertiary/aromatic N) is 4. The van der Waals surface area contributed by atoms with Crippen molar-refractivity contribution in [3.63, 3.8) is 0 Å². The van der Waals surface area contributed by atoms with Gasteiger partial charge in [0.2, 0.25) is 5.91 Å². The predicted molar refractivity (Wildman–Crippen MR) is 81.1 cm³/mol. The molecule has 0 radical (unpaired) electrons. The highest BCUT2D eigenvalue weighted by molar-refractivity contribution is 5.77. The van der Waals surface area contributed by atoms with Gasteiger partial charge in [-0.25, -0.2) is 9.48 Å². The number of amides is 1. The van der Waals surface area contributed by atoms with Gasteiger partial charge in [-0.15, -0.1) is 0 Å². The number of carbonyl (C=O) groups excluding carboxylic acids is 1. The zero-order chi connectivity index (χ0) is 16.7. The van der Waals surface area contributed by atoms with Gasteiger partial charge in [-0.05, 0) is 53.4 Å². The van der Waals surface area contributed by atoms with E-state index in [0.29, 0.717) is 5.82 Å². The van der Waals surface area contributed by atoms with Crippen molar-refractivity contribution in [2.24, 2.45) is 5.92 Å². The quantitative estimate of drug-likeness (QED) is 0.895. The lowest BCUT2D eigenvalue weighted by Gasteiger charge is -2.22. The van der Waals surface area contributed by atoms with Crippen LogP contribution in [0.3, 0.4) is 0 Å². The summed E-state index contributed by atoms with van der Waals surface area (Å²) in [5.74, 6) is 0.353. The second kappa shape index (κ2) is 5.27. The first-order valence-electron chi connectivity index (χ1n) is 7.47. The van der Waals surface area contributed by atoms with Crippen LogP contribution in [0.15, 0.2) is 4.79 Å². The average Bonchev–Trinajstić information content (AvgIpc) is 3.21. The van der Waals surface area contributed by atoms with Crippen LogP contribution < -0.4 is 11.0 Å². The Bertz CT molecular complexity index is 684. The minimum Gasteiger partial charge on any atom is -0.336 e. The van der Waals surface area contributed by atoms with Gasteiger partial charge in [0.15, 0.2) is 0 Å². The van der Waals surface area contributed by atoms with Crippen LogP contribution >= 0.6 is 0 Å². The van der Waals surface area contributed by atoms with Crippen LogP contribution in [0.1, 0.15) is 46.4 Å². The molecule has 0 saturated heterocycles. The normalized spacial score (nSPS) is 17.6. The molecule has 0 aromatic carbocycles. The number of hydrogen-bond acceptors (Lipinski definition) is 4. The van der Waals surface area contributed by atoms with Gasteiger partial charge in [0.1, 0.15) is 17.9 Å². The monoisotopic (exact) mass is 305 g/mol. The predicted octanol–water partition coefficient (Wildman–Crippen LogP) is 0.917. The zero-order valence-corrected chi connectivity index (χ0v) is 13.8. The molecule has 1 heterocycles. The molecule has 1 N–H and O–H groups in total. The highest BCUT2D eigenvalue weighted by Crippen LogP contribution is 2.39. The van der Waals surface area contributed by atoms with E-state index in [-0.39, 0.29) is 24.1 Å². The number of rotatable bonds is 4. The average molecular weight is 305 g/mol. The summed E-state index contributed by atoms with van der Waals surface area (Å²) in [5, 5.41) is 16.3. The minimum absolute atomic E-state index is 0.120. The zero-order valence-electron chi connectivity index (χ0n) is 13.8. The first-order valence-corrected chi connectivity index (χ1v) is 7.47. The van der Waals surface area contributed by atoms with E-state index < -0.39 is 11.1 Å². The molecular formula is C15H23N5O2. The molecule has 0 unspecified atom stereocenters. The lowest BCUT2D eigenvalue weighted by atomic mass is 9.98. The lowest BCUT2D eigenvalue weighted by Crippen LogP contribution is -2.48. The summed E-state index contributed by atoms with van der Waals surface area (Å²) in [5.41, 5.74) is -1.61. The maximum Gasteiger partial charge on any atom is 0.346 e. The fraction of sp³-hybridized carbons (Fsp3) is 0.733. The Hall–Kier alpha value is -2.10. The lowest BCUT2D eigenvalue weighted by molar-refractivity contribution is -0.123. The first kappa shape index (κ1) is 16.3. The van der Waals surface area contributed by atoms with Crippen molar-refractivity contribution >= 4 is 5.91 Å². The molecule has 1 atom stereocenters. The summed E-state index contributed by atoms with van der Waals surface area (Å²) in [4.78, 5) is 24.6. The van der Waals surface area contributed by atoms with Crippen molar-refractivity contribution in [2.45, 2.75) is 65.1 Å². The molecule has 2 rings (SSSR count). The Balaban J connectivity index is 2.18. The molecule has 1 fully saturated rings. The summed E-state index contributed by atoms with van der Waals surface area (Å²) in [6.45, 7) is 8.95. The molecule has 22 heavy (non-hydrogen) atoms. The highest BCUT2D eigenvalue weighted by atomic mass is 16.2. The first-order chi connectivity index (χ1) is 10.1. The van der Waals surface area contributed by atoms with E-state index in [9.17, 15) is 14.9 Å². The highest BCUT2D eigenvalue weighted by Gasteiger charge is 2.43. The van der Waals surface area contributed by atoms with Crippen molar-refractivity contribution in [2.75, 3.05) is 0 Å². The molecule has 0 bridgehead atoms. The molecule has 120 valence electrons. The molecule has 7 nitrogen and oxygen atoms in total. The maximum absolute atomic E-state index is 12.4. The molecule has 1 aliphatic carbocycles. The van der Waals surface area contributed by atoms with E-state index in [2.05, 4.69) is 16.5 Å². The van der Waals surface area contributed by atoms with E-state index in [4.69, 9.17) is 0 Å². The van der Waals surface area contributed by atoms with Crippen LogP contribution in [0, 0.1) is 24.2 Å². The molecule has 1 aromatic rings. The second-order valence-electron chi connectivity index (χ2n) is 7.14. The van der Waals surface area contributed by atoms with Gasteiger partial charge in [-0.2, -0.15) is 10.4 Å². The Morgan fingerprint density at radius 2 is 2.00 bits per heavy atom. The van der Waals surface area contributed by atoms with E-state index in [0.717, 1.165) is 12.8 Å². The van der Waals surface area contributed by atoms with E-state index in [1.165, 1.54) is 9.25 Å². The third kappa shape index (κ3) is 3.06. The number of nitrogens with one attached hydrogen (secondary N) is 1. The molecule has 1 aliphatic rings. The van der Waals surface area contributed by atoms with Crippen LogP contribution in [-0.2, 0) is 16.9 Å². The molecule has 1 saturated carbocycles. The van der Waals surface area contributed by atoms with Crippen molar-refractivity contribution in [1.82, 2.24) is 19.7 Å². The van der Waals surface area contributed by atoms with Crippen molar-refractivity contribution in [3.05, 3.63) is 16.3 Å². The summed E-state index contributed by atoms with van der Waals surface area (Å²) in [6, 6.07) is 2.18. The number of aromatic nitrogens is 3. The van der Waals surface area contributed by atoms with Gasteiger partial charge in [0, 0.05) is 0 Å². The summed E-state index contributed by atoms with van der Waals surface area (Å²) in [6.07, 6.45) is 1.90. The number of nitriles is 1. The van der Waals surface area contributed by atoms with E-state index in [1.54, 1.807) is 13.8 Å². The smallest absolute Gasteiger partial charge is 0.336 e. The maximum atomic E-state index is 12.4. The molecule has 0 aliphatic heterocycles. The van der Waals surface area contributed by atoms with Gasteiger partial charge in [0.25, 0.3) is 0 Å². The van der Waals surface area contributed by atoms with Crippen molar-refractivity contribution in [1.29, 1.82) is 5.26 Å². The largest absolute Gasteiger partial charge is 0.346 e. The van der Waals surface area contributed by atoms with Crippen LogP contribution in [0.5, 0.6) is 0 Å². The van der Waals surface area contributed by atoms with E-state index in [1.807, 2.05) is 20.8 Å².